The fourth-order valence-corrected chi connectivity index (χ4v) is 2.66. The summed E-state index contributed by atoms with van der Waals surface area (Å²) in [4.78, 5) is 12.8. The zero-order chi connectivity index (χ0) is 18.5. The molecule has 1 heterocycles. The highest BCUT2D eigenvalue weighted by molar-refractivity contribution is 5.88. The summed E-state index contributed by atoms with van der Waals surface area (Å²) in [6.07, 6.45) is 3.19. The van der Waals surface area contributed by atoms with Gasteiger partial charge in [-0.3, -0.25) is 4.79 Å². The van der Waals surface area contributed by atoms with Crippen molar-refractivity contribution in [2.24, 2.45) is 0 Å². The van der Waals surface area contributed by atoms with Crippen LogP contribution in [-0.2, 0) is 0 Å². The lowest BCUT2D eigenvalue weighted by Crippen LogP contribution is -2.05. The van der Waals surface area contributed by atoms with E-state index in [0.717, 1.165) is 18.6 Å². The molecule has 136 valence electrons. The average Bonchev–Trinajstić information content (AvgIpc) is 2.65. The lowest BCUT2D eigenvalue weighted by Gasteiger charge is -2.09. The van der Waals surface area contributed by atoms with E-state index in [4.69, 9.17) is 13.9 Å². The van der Waals surface area contributed by atoms with Gasteiger partial charge < -0.3 is 19.0 Å². The predicted octanol–water partition coefficient (Wildman–Crippen LogP) is 4.74. The smallest absolute Gasteiger partial charge is 0.204 e. The molecule has 0 unspecified atom stereocenters. The monoisotopic (exact) mass is 354 g/mol. The summed E-state index contributed by atoms with van der Waals surface area (Å²) < 4.78 is 16.7. The average molecular weight is 354 g/mol. The number of phenolic OH excluding ortho intramolecular Hbond substituents is 1. The Kier molecular flexibility index (Phi) is 5.46. The molecule has 0 aliphatic heterocycles. The van der Waals surface area contributed by atoms with E-state index in [1.54, 1.807) is 18.2 Å². The van der Waals surface area contributed by atoms with Gasteiger partial charge in [-0.15, -0.1) is 0 Å². The van der Waals surface area contributed by atoms with Crippen LogP contribution in [0.5, 0.6) is 17.2 Å². The Hall–Kier alpha value is -2.95. The predicted molar refractivity (Wildman–Crippen MR) is 101 cm³/mol. The van der Waals surface area contributed by atoms with Crippen molar-refractivity contribution in [1.29, 1.82) is 0 Å². The largest absolute Gasteiger partial charge is 0.507 e. The molecule has 0 spiro atoms. The van der Waals surface area contributed by atoms with Crippen molar-refractivity contribution in [2.75, 3.05) is 13.2 Å². The minimum absolute atomic E-state index is 0.146. The van der Waals surface area contributed by atoms with Crippen molar-refractivity contribution < 1.29 is 19.0 Å². The molecular formula is C21H22O5. The minimum atomic E-state index is -0.284. The summed E-state index contributed by atoms with van der Waals surface area (Å²) in [5.74, 6) is 1.08. The summed E-state index contributed by atoms with van der Waals surface area (Å²) in [5, 5.41) is 10.4. The van der Waals surface area contributed by atoms with Gasteiger partial charge in [-0.25, -0.2) is 0 Å². The van der Waals surface area contributed by atoms with E-state index in [-0.39, 0.29) is 16.6 Å². The highest BCUT2D eigenvalue weighted by atomic mass is 16.5. The Balaban J connectivity index is 1.99. The normalized spacial score (nSPS) is 10.8. The molecule has 0 aliphatic carbocycles. The molecular weight excluding hydrogens is 332 g/mol. The van der Waals surface area contributed by atoms with E-state index in [2.05, 4.69) is 0 Å². The Bertz CT molecular complexity index is 941. The number of fused-ring (bicyclic) bond motifs is 1. The van der Waals surface area contributed by atoms with Gasteiger partial charge in [-0.2, -0.15) is 0 Å². The van der Waals surface area contributed by atoms with E-state index in [1.807, 2.05) is 26.0 Å². The van der Waals surface area contributed by atoms with Gasteiger partial charge >= 0.3 is 0 Å². The number of phenols is 1. The molecule has 0 aliphatic rings. The number of benzene rings is 2. The summed E-state index contributed by atoms with van der Waals surface area (Å²) in [6.45, 7) is 5.21. The summed E-state index contributed by atoms with van der Waals surface area (Å²) in [6, 6.07) is 10.3. The van der Waals surface area contributed by atoms with E-state index in [1.165, 1.54) is 12.3 Å². The fourth-order valence-electron chi connectivity index (χ4n) is 2.66. The lowest BCUT2D eigenvalue weighted by molar-refractivity contribution is 0.315. The molecule has 0 saturated heterocycles. The number of hydrogen-bond acceptors (Lipinski definition) is 5. The van der Waals surface area contributed by atoms with Crippen molar-refractivity contribution in [3.63, 3.8) is 0 Å². The van der Waals surface area contributed by atoms with Gasteiger partial charge in [0.25, 0.3) is 0 Å². The fraction of sp³-hybridized carbons (Fsp3) is 0.286. The van der Waals surface area contributed by atoms with Gasteiger partial charge in [0.05, 0.1) is 18.8 Å². The number of rotatable bonds is 7. The van der Waals surface area contributed by atoms with Gasteiger partial charge in [-0.1, -0.05) is 26.0 Å². The first-order valence-electron chi connectivity index (χ1n) is 8.78. The first-order chi connectivity index (χ1) is 12.6. The third kappa shape index (κ3) is 3.67. The maximum Gasteiger partial charge on any atom is 0.204 e. The maximum atomic E-state index is 12.8. The number of hydrogen-bond donors (Lipinski definition) is 1. The second-order valence-electron chi connectivity index (χ2n) is 6.02. The van der Waals surface area contributed by atoms with Crippen LogP contribution >= 0.6 is 0 Å². The van der Waals surface area contributed by atoms with E-state index >= 15 is 0 Å². The Morgan fingerprint density at radius 2 is 1.62 bits per heavy atom. The summed E-state index contributed by atoms with van der Waals surface area (Å²) >= 11 is 0. The zero-order valence-corrected chi connectivity index (χ0v) is 15.0. The molecule has 0 bridgehead atoms. The van der Waals surface area contributed by atoms with Crippen LogP contribution in [0.2, 0.25) is 0 Å². The van der Waals surface area contributed by atoms with Crippen LogP contribution in [0.1, 0.15) is 26.7 Å². The SMILES string of the molecule is CCCOc1ccc(-c2coc3cc(OCCC)cc(O)c3c2=O)cc1. The lowest BCUT2D eigenvalue weighted by atomic mass is 10.0. The van der Waals surface area contributed by atoms with Crippen LogP contribution in [0.25, 0.3) is 22.1 Å². The van der Waals surface area contributed by atoms with Gasteiger partial charge in [0, 0.05) is 12.1 Å². The molecule has 0 amide bonds. The van der Waals surface area contributed by atoms with Crippen molar-refractivity contribution in [2.45, 2.75) is 26.7 Å². The molecule has 0 fully saturated rings. The van der Waals surface area contributed by atoms with E-state index < -0.39 is 0 Å². The van der Waals surface area contributed by atoms with Crippen LogP contribution in [0.3, 0.4) is 0 Å². The minimum Gasteiger partial charge on any atom is -0.507 e. The van der Waals surface area contributed by atoms with Gasteiger partial charge in [-0.05, 0) is 30.5 Å². The van der Waals surface area contributed by atoms with Crippen LogP contribution in [0.15, 0.2) is 51.9 Å². The van der Waals surface area contributed by atoms with Crippen LogP contribution < -0.4 is 14.9 Å². The Labute approximate surface area is 151 Å². The quantitative estimate of drug-likeness (QED) is 0.663. The molecule has 0 atom stereocenters. The molecule has 26 heavy (non-hydrogen) atoms. The van der Waals surface area contributed by atoms with Crippen molar-refractivity contribution in [3.8, 4) is 28.4 Å². The Morgan fingerprint density at radius 1 is 0.962 bits per heavy atom. The Morgan fingerprint density at radius 3 is 2.27 bits per heavy atom. The molecule has 3 aromatic rings. The second kappa shape index (κ2) is 7.95. The van der Waals surface area contributed by atoms with Crippen LogP contribution in [-0.4, -0.2) is 18.3 Å². The van der Waals surface area contributed by atoms with Gasteiger partial charge in [0.15, 0.2) is 0 Å². The van der Waals surface area contributed by atoms with E-state index in [9.17, 15) is 9.90 Å². The van der Waals surface area contributed by atoms with Crippen molar-refractivity contribution in [1.82, 2.24) is 0 Å². The first-order valence-corrected chi connectivity index (χ1v) is 8.78. The van der Waals surface area contributed by atoms with Crippen molar-refractivity contribution in [3.05, 3.63) is 52.9 Å². The number of aromatic hydroxyl groups is 1. The van der Waals surface area contributed by atoms with Gasteiger partial charge in [0.2, 0.25) is 5.43 Å². The zero-order valence-electron chi connectivity index (χ0n) is 15.0. The molecule has 1 N–H and O–H groups in total. The third-order valence-electron chi connectivity index (χ3n) is 3.94. The molecule has 1 aromatic heterocycles. The highest BCUT2D eigenvalue weighted by Gasteiger charge is 2.14. The van der Waals surface area contributed by atoms with Crippen LogP contribution in [0, 0.1) is 0 Å². The molecule has 0 saturated carbocycles. The maximum absolute atomic E-state index is 12.8. The molecule has 5 heteroatoms. The van der Waals surface area contributed by atoms with Crippen molar-refractivity contribution >= 4 is 11.0 Å². The van der Waals surface area contributed by atoms with Gasteiger partial charge in [0.1, 0.15) is 34.5 Å². The second-order valence-corrected chi connectivity index (χ2v) is 6.02. The molecule has 0 radical (unpaired) electrons. The highest BCUT2D eigenvalue weighted by Crippen LogP contribution is 2.30. The molecule has 5 nitrogen and oxygen atoms in total. The standard InChI is InChI=1S/C21H22O5/c1-3-9-24-15-7-5-14(6-8-15)17-13-26-19-12-16(25-10-4-2)11-18(22)20(19)21(17)23/h5-8,11-13,22H,3-4,9-10H2,1-2H3. The number of ether oxygens (including phenoxy) is 2. The van der Waals surface area contributed by atoms with Crippen LogP contribution in [0.4, 0.5) is 0 Å². The first kappa shape index (κ1) is 17.9. The third-order valence-corrected chi connectivity index (χ3v) is 3.94. The topological polar surface area (TPSA) is 68.9 Å². The summed E-state index contributed by atoms with van der Waals surface area (Å²) in [7, 11) is 0. The molecule has 3 rings (SSSR count). The van der Waals surface area contributed by atoms with E-state index in [0.29, 0.717) is 35.7 Å². The molecule has 2 aromatic carbocycles. The summed E-state index contributed by atoms with van der Waals surface area (Å²) in [5.41, 5.74) is 1.10.